The van der Waals surface area contributed by atoms with Crippen LogP contribution in [0.3, 0.4) is 0 Å². The number of ether oxygens (including phenoxy) is 1. The Kier molecular flexibility index (Phi) is 12.8. The molecular weight excluding hydrogens is 634 g/mol. The monoisotopic (exact) mass is 675 g/mol. The SMILES string of the molecule is CCCCNC(=O)[C@H](Cc1ccccc1)N(Cc1ccc(Cl)cc1)C(=O)CN(c1ccc(OCC)cc1)S(=O)(=O)c1ccc(C)cc1. The van der Waals surface area contributed by atoms with Crippen LogP contribution in [0.25, 0.3) is 0 Å². The maximum absolute atomic E-state index is 14.6. The smallest absolute Gasteiger partial charge is 0.264 e. The van der Waals surface area contributed by atoms with E-state index in [0.29, 0.717) is 29.6 Å². The zero-order valence-corrected chi connectivity index (χ0v) is 28.6. The van der Waals surface area contributed by atoms with Crippen LogP contribution in [-0.4, -0.2) is 50.9 Å². The number of aryl methyl sites for hydroxylation is 1. The molecule has 1 atom stereocenters. The van der Waals surface area contributed by atoms with E-state index in [-0.39, 0.29) is 23.8 Å². The molecule has 4 rings (SSSR count). The summed E-state index contributed by atoms with van der Waals surface area (Å²) in [6.45, 7) is 6.21. The highest BCUT2D eigenvalue weighted by Crippen LogP contribution is 2.27. The van der Waals surface area contributed by atoms with Gasteiger partial charge < -0.3 is 15.0 Å². The van der Waals surface area contributed by atoms with Gasteiger partial charge in [0.2, 0.25) is 11.8 Å². The number of hydrogen-bond acceptors (Lipinski definition) is 5. The molecule has 0 bridgehead atoms. The van der Waals surface area contributed by atoms with Crippen molar-refractivity contribution >= 4 is 39.1 Å². The second-order valence-electron chi connectivity index (χ2n) is 11.2. The van der Waals surface area contributed by atoms with E-state index in [1.807, 2.05) is 51.1 Å². The number of rotatable bonds is 16. The zero-order chi connectivity index (χ0) is 33.8. The summed E-state index contributed by atoms with van der Waals surface area (Å²) in [6.07, 6.45) is 1.92. The van der Waals surface area contributed by atoms with Crippen molar-refractivity contribution in [2.45, 2.75) is 57.5 Å². The fourth-order valence-corrected chi connectivity index (χ4v) is 6.63. The molecular formula is C37H42ClN3O5S. The molecule has 47 heavy (non-hydrogen) atoms. The minimum atomic E-state index is -4.20. The van der Waals surface area contributed by atoms with E-state index in [0.717, 1.165) is 33.8 Å². The van der Waals surface area contributed by atoms with Gasteiger partial charge in [-0.15, -0.1) is 0 Å². The van der Waals surface area contributed by atoms with Gasteiger partial charge in [-0.2, -0.15) is 0 Å². The maximum atomic E-state index is 14.6. The van der Waals surface area contributed by atoms with Crippen molar-refractivity contribution in [1.82, 2.24) is 10.2 Å². The summed E-state index contributed by atoms with van der Waals surface area (Å²) < 4.78 is 35.1. The van der Waals surface area contributed by atoms with Gasteiger partial charge in [0.15, 0.2) is 0 Å². The number of carbonyl (C=O) groups excluding carboxylic acids is 2. The van der Waals surface area contributed by atoms with Crippen LogP contribution in [0.15, 0.2) is 108 Å². The lowest BCUT2D eigenvalue weighted by Crippen LogP contribution is -2.53. The Morgan fingerprint density at radius 3 is 2.13 bits per heavy atom. The quantitative estimate of drug-likeness (QED) is 0.132. The summed E-state index contributed by atoms with van der Waals surface area (Å²) in [5, 5.41) is 3.54. The number of carbonyl (C=O) groups is 2. The number of sulfonamides is 1. The number of amides is 2. The van der Waals surface area contributed by atoms with E-state index in [4.69, 9.17) is 16.3 Å². The third-order valence-corrected chi connectivity index (χ3v) is 9.73. The number of nitrogens with one attached hydrogen (secondary N) is 1. The normalized spacial score (nSPS) is 11.8. The van der Waals surface area contributed by atoms with E-state index in [2.05, 4.69) is 5.32 Å². The first-order valence-electron chi connectivity index (χ1n) is 15.8. The molecule has 4 aromatic rings. The van der Waals surface area contributed by atoms with Crippen LogP contribution in [-0.2, 0) is 32.6 Å². The number of nitrogens with zero attached hydrogens (tertiary/aromatic N) is 2. The molecule has 0 aromatic heterocycles. The third kappa shape index (κ3) is 9.83. The standard InChI is InChI=1S/C37H42ClN3O5S/c1-4-6-24-39-37(43)35(25-29-10-8-7-9-11-29)40(26-30-14-16-31(38)17-15-30)36(42)27-41(32-18-20-33(21-19-32)46-5-2)47(44,45)34-22-12-28(3)13-23-34/h7-23,35H,4-6,24-27H2,1-3H3,(H,39,43)/t35-/m0/s1. The Labute approximate surface area is 283 Å². The molecule has 8 nitrogen and oxygen atoms in total. The molecule has 0 saturated carbocycles. The van der Waals surface area contributed by atoms with Crippen molar-refractivity contribution in [3.63, 3.8) is 0 Å². The van der Waals surface area contributed by atoms with Crippen LogP contribution < -0.4 is 14.4 Å². The van der Waals surface area contributed by atoms with Gasteiger partial charge in [0, 0.05) is 24.5 Å². The summed E-state index contributed by atoms with van der Waals surface area (Å²) in [5.41, 5.74) is 2.81. The number of hydrogen-bond donors (Lipinski definition) is 1. The highest BCUT2D eigenvalue weighted by atomic mass is 35.5. The van der Waals surface area contributed by atoms with Crippen LogP contribution in [0.2, 0.25) is 5.02 Å². The predicted octanol–water partition coefficient (Wildman–Crippen LogP) is 6.80. The van der Waals surface area contributed by atoms with Gasteiger partial charge >= 0.3 is 0 Å². The Hall–Kier alpha value is -4.34. The minimum Gasteiger partial charge on any atom is -0.494 e. The van der Waals surface area contributed by atoms with Gasteiger partial charge in [-0.1, -0.05) is 85.1 Å². The van der Waals surface area contributed by atoms with Crippen molar-refractivity contribution in [2.24, 2.45) is 0 Å². The predicted molar refractivity (Wildman–Crippen MR) is 187 cm³/mol. The van der Waals surface area contributed by atoms with E-state index in [1.54, 1.807) is 60.7 Å². The second-order valence-corrected chi connectivity index (χ2v) is 13.5. The molecule has 0 radical (unpaired) electrons. The average Bonchev–Trinajstić information content (AvgIpc) is 3.07. The molecule has 0 unspecified atom stereocenters. The summed E-state index contributed by atoms with van der Waals surface area (Å²) in [7, 11) is -4.20. The molecule has 0 heterocycles. The largest absolute Gasteiger partial charge is 0.494 e. The first kappa shape index (κ1) is 35.5. The fourth-order valence-electron chi connectivity index (χ4n) is 5.09. The van der Waals surface area contributed by atoms with Gasteiger partial charge in [0.1, 0.15) is 18.3 Å². The lowest BCUT2D eigenvalue weighted by Gasteiger charge is -2.34. The molecule has 0 aliphatic rings. The molecule has 0 saturated heterocycles. The van der Waals surface area contributed by atoms with Crippen LogP contribution in [0.4, 0.5) is 5.69 Å². The van der Waals surface area contributed by atoms with Gasteiger partial charge in [0.25, 0.3) is 10.0 Å². The Bertz CT molecular complexity index is 1700. The lowest BCUT2D eigenvalue weighted by molar-refractivity contribution is -0.140. The Balaban J connectivity index is 1.78. The minimum absolute atomic E-state index is 0.0483. The molecule has 1 N–H and O–H groups in total. The van der Waals surface area contributed by atoms with Crippen molar-refractivity contribution in [1.29, 1.82) is 0 Å². The molecule has 2 amide bonds. The van der Waals surface area contributed by atoms with E-state index in [9.17, 15) is 18.0 Å². The number of unbranched alkanes of at least 4 members (excludes halogenated alkanes) is 1. The van der Waals surface area contributed by atoms with E-state index in [1.165, 1.54) is 17.0 Å². The van der Waals surface area contributed by atoms with Gasteiger partial charge in [-0.25, -0.2) is 8.42 Å². The Morgan fingerprint density at radius 1 is 0.851 bits per heavy atom. The fraction of sp³-hybridized carbons (Fsp3) is 0.297. The highest BCUT2D eigenvalue weighted by molar-refractivity contribution is 7.92. The molecule has 4 aromatic carbocycles. The first-order chi connectivity index (χ1) is 22.6. The van der Waals surface area contributed by atoms with Crippen molar-refractivity contribution in [3.05, 3.63) is 125 Å². The highest BCUT2D eigenvalue weighted by Gasteiger charge is 2.34. The average molecular weight is 676 g/mol. The van der Waals surface area contributed by atoms with Gasteiger partial charge in [-0.05, 0) is 79.9 Å². The van der Waals surface area contributed by atoms with Crippen LogP contribution in [0.1, 0.15) is 43.4 Å². The first-order valence-corrected chi connectivity index (χ1v) is 17.6. The van der Waals surface area contributed by atoms with Crippen LogP contribution in [0, 0.1) is 6.92 Å². The van der Waals surface area contributed by atoms with Gasteiger partial charge in [-0.3, -0.25) is 13.9 Å². The van der Waals surface area contributed by atoms with Crippen molar-refractivity contribution in [2.75, 3.05) is 24.0 Å². The maximum Gasteiger partial charge on any atom is 0.264 e. The second kappa shape index (κ2) is 17.0. The van der Waals surface area contributed by atoms with E-state index >= 15 is 0 Å². The van der Waals surface area contributed by atoms with Crippen molar-refractivity contribution in [3.8, 4) is 5.75 Å². The van der Waals surface area contributed by atoms with Crippen molar-refractivity contribution < 1.29 is 22.7 Å². The number of halogens is 1. The van der Waals surface area contributed by atoms with E-state index < -0.39 is 28.5 Å². The summed E-state index contributed by atoms with van der Waals surface area (Å²) in [6, 6.07) is 28.7. The molecule has 248 valence electrons. The van der Waals surface area contributed by atoms with Gasteiger partial charge in [0.05, 0.1) is 17.2 Å². The molecule has 0 aliphatic heterocycles. The molecule has 0 aliphatic carbocycles. The number of benzene rings is 4. The summed E-state index contributed by atoms with van der Waals surface area (Å²) >= 11 is 6.16. The topological polar surface area (TPSA) is 96.0 Å². The summed E-state index contributed by atoms with van der Waals surface area (Å²) in [5.74, 6) is -0.263. The number of anilines is 1. The molecule has 0 fully saturated rings. The van der Waals surface area contributed by atoms with Crippen LogP contribution in [0.5, 0.6) is 5.75 Å². The Morgan fingerprint density at radius 2 is 1.51 bits per heavy atom. The van der Waals surface area contributed by atoms with Crippen LogP contribution >= 0.6 is 11.6 Å². The molecule has 10 heteroatoms. The summed E-state index contributed by atoms with van der Waals surface area (Å²) in [4.78, 5) is 29.9. The lowest BCUT2D eigenvalue weighted by atomic mass is 10.0. The third-order valence-electron chi connectivity index (χ3n) is 7.69. The zero-order valence-electron chi connectivity index (χ0n) is 27.1. The molecule has 0 spiro atoms.